The number of fused-ring (bicyclic) bond motifs is 23. The summed E-state index contributed by atoms with van der Waals surface area (Å²) in [5, 5.41) is 7.34. The highest BCUT2D eigenvalue weighted by atomic mass is 16.3. The molecule has 384 valence electrons. The van der Waals surface area contributed by atoms with Crippen LogP contribution in [0.2, 0.25) is 0 Å². The smallest absolute Gasteiger partial charge is 0.144 e. The van der Waals surface area contributed by atoms with Gasteiger partial charge in [-0.25, -0.2) is 0 Å². The van der Waals surface area contributed by atoms with Crippen LogP contribution in [0.25, 0.3) is 88.0 Å². The average Bonchev–Trinajstić information content (AvgIpc) is 2.34. The number of anilines is 3. The van der Waals surface area contributed by atoms with E-state index in [4.69, 9.17) is 8.83 Å². The Morgan fingerprint density at radius 1 is 0.418 bits per heavy atom. The van der Waals surface area contributed by atoms with Gasteiger partial charge in [0.2, 0.25) is 0 Å². The van der Waals surface area contributed by atoms with E-state index in [1.54, 1.807) is 11.1 Å². The highest BCUT2D eigenvalue weighted by Gasteiger charge is 2.51. The minimum Gasteiger partial charge on any atom is -0.456 e. The number of hydrogen-bond donors (Lipinski definition) is 0. The summed E-state index contributed by atoms with van der Waals surface area (Å²) in [6.07, 6.45) is 3.53. The summed E-state index contributed by atoms with van der Waals surface area (Å²) < 4.78 is 14.3. The molecule has 1 saturated carbocycles. The molecule has 12 aromatic rings. The Kier molecular flexibility index (Phi) is 8.91. The van der Waals surface area contributed by atoms with Gasteiger partial charge >= 0.3 is 0 Å². The van der Waals surface area contributed by atoms with Crippen molar-refractivity contribution in [3.63, 3.8) is 0 Å². The van der Waals surface area contributed by atoms with Gasteiger partial charge in [0.05, 0.1) is 5.69 Å². The fraction of sp³-hybridized carbons (Fsp3) is 0.237. The molecule has 2 aromatic heterocycles. The van der Waals surface area contributed by atoms with E-state index in [0.717, 1.165) is 52.2 Å². The minimum atomic E-state index is -0.351. The lowest BCUT2D eigenvalue weighted by Gasteiger charge is -2.39. The van der Waals surface area contributed by atoms with E-state index in [0.29, 0.717) is 17.8 Å². The van der Waals surface area contributed by atoms with Crippen molar-refractivity contribution in [3.05, 3.63) is 232 Å². The van der Waals surface area contributed by atoms with Crippen molar-refractivity contribution in [2.45, 2.75) is 108 Å². The average molecular weight is 1020 g/mol. The summed E-state index contributed by atoms with van der Waals surface area (Å²) >= 11 is 0. The first-order valence-electron chi connectivity index (χ1n) is 29.0. The molecule has 3 unspecified atom stereocenters. The lowest BCUT2D eigenvalue weighted by molar-refractivity contribution is 0.212. The number of nitrogens with zero attached hydrogens (tertiary/aromatic N) is 1. The van der Waals surface area contributed by atoms with Crippen molar-refractivity contribution < 1.29 is 8.83 Å². The second kappa shape index (κ2) is 15.4. The van der Waals surface area contributed by atoms with E-state index in [1.807, 2.05) is 0 Å². The van der Waals surface area contributed by atoms with Gasteiger partial charge in [-0.3, -0.25) is 0 Å². The van der Waals surface area contributed by atoms with E-state index in [-0.39, 0.29) is 21.7 Å². The first-order chi connectivity index (χ1) is 38.2. The van der Waals surface area contributed by atoms with Crippen LogP contribution >= 0.6 is 0 Å². The molecule has 79 heavy (non-hydrogen) atoms. The molecule has 0 N–H and O–H groups in total. The van der Waals surface area contributed by atoms with Crippen molar-refractivity contribution in [3.8, 4) is 33.4 Å². The monoisotopic (exact) mass is 1020 g/mol. The Bertz CT molecular complexity index is 4680. The van der Waals surface area contributed by atoms with E-state index in [9.17, 15) is 0 Å². The molecule has 3 nitrogen and oxygen atoms in total. The molecule has 0 spiro atoms. The summed E-state index contributed by atoms with van der Waals surface area (Å²) in [7, 11) is 0. The van der Waals surface area contributed by atoms with Gasteiger partial charge in [0, 0.05) is 60.1 Å². The molecule has 5 aliphatic carbocycles. The lowest BCUT2D eigenvalue weighted by Crippen LogP contribution is -2.31. The van der Waals surface area contributed by atoms with Crippen molar-refractivity contribution in [2.24, 2.45) is 5.92 Å². The molecule has 3 atom stereocenters. The number of benzene rings is 10. The summed E-state index contributed by atoms with van der Waals surface area (Å²) in [5.41, 5.74) is 27.3. The molecule has 0 aliphatic heterocycles. The molecule has 5 aliphatic rings. The zero-order valence-corrected chi connectivity index (χ0v) is 46.4. The Balaban J connectivity index is 0.852. The molecule has 0 saturated heterocycles. The number of para-hydroxylation sites is 2. The highest BCUT2D eigenvalue weighted by molar-refractivity contribution is 6.21. The molecule has 1 fully saturated rings. The topological polar surface area (TPSA) is 29.5 Å². The summed E-state index contributed by atoms with van der Waals surface area (Å²) in [6, 6.07) is 68.8. The van der Waals surface area contributed by atoms with E-state index < -0.39 is 0 Å². The van der Waals surface area contributed by atoms with Crippen molar-refractivity contribution >= 4 is 71.7 Å². The Morgan fingerprint density at radius 3 is 1.72 bits per heavy atom. The minimum absolute atomic E-state index is 0.120. The Morgan fingerprint density at radius 2 is 0.975 bits per heavy atom. The van der Waals surface area contributed by atoms with Crippen molar-refractivity contribution in [1.82, 2.24) is 0 Å². The third kappa shape index (κ3) is 5.78. The van der Waals surface area contributed by atoms with Crippen LogP contribution in [0.15, 0.2) is 191 Å². The Labute approximate surface area is 462 Å². The van der Waals surface area contributed by atoms with Crippen LogP contribution in [0.3, 0.4) is 0 Å². The molecular weight excluding hydrogens is 959 g/mol. The van der Waals surface area contributed by atoms with Crippen LogP contribution in [0.5, 0.6) is 0 Å². The number of hydrogen-bond acceptors (Lipinski definition) is 3. The molecule has 17 rings (SSSR count). The lowest BCUT2D eigenvalue weighted by atomic mass is 9.65. The third-order valence-electron chi connectivity index (χ3n) is 21.0. The number of rotatable bonds is 4. The predicted octanol–water partition coefficient (Wildman–Crippen LogP) is 21.0. The second-order valence-corrected chi connectivity index (χ2v) is 26.2. The maximum atomic E-state index is 7.14. The predicted molar refractivity (Wildman–Crippen MR) is 328 cm³/mol. The molecule has 0 radical (unpaired) electrons. The van der Waals surface area contributed by atoms with Crippen LogP contribution in [-0.4, -0.2) is 0 Å². The normalized spacial score (nSPS) is 20.0. The SMILES string of the molecule is CC1(C)c2cc(N(c3ccc4c(c3)C(C)(C)c3c5c(c6c(oc7ccccc76)c3-4)-c3ccccc3C5(C)C)c3cccc4ccccc34)ccc2-c2c1cc(C1CCC3c4ccccc4C(C)(C)C3C1)c1oc3ccccc3c21. The summed E-state index contributed by atoms with van der Waals surface area (Å²) in [4.78, 5) is 2.55. The second-order valence-electron chi connectivity index (χ2n) is 26.2. The first-order valence-corrected chi connectivity index (χ1v) is 29.0. The van der Waals surface area contributed by atoms with Crippen LogP contribution < -0.4 is 4.90 Å². The fourth-order valence-corrected chi connectivity index (χ4v) is 17.3. The standard InChI is InChI=1S/C76H63NO2/c1-73(2)55-27-15-11-23-47(55)48-35-32-43(38-57(48)73)54-41-60-64(66-52-25-13-17-30-62(52)78-71(54)66)50-36-33-44(39-58(50)74(60,3)4)77(61-29-19-21-42-20-9-10-22-46(42)61)45-34-37-51-59(40-45)76(7,8)70-68(51)72-67(53-26-14-18-31-63(53)79-72)65-49-24-12-16-28-56(49)75(5,6)69(65)70/h9-31,33-34,36-37,39-41,43,48,57H,32,35,38H2,1-8H3. The maximum absolute atomic E-state index is 7.14. The molecule has 0 bridgehead atoms. The molecule has 10 aromatic carbocycles. The zero-order valence-electron chi connectivity index (χ0n) is 46.4. The molecular formula is C76H63NO2. The fourth-order valence-electron chi connectivity index (χ4n) is 17.3. The van der Waals surface area contributed by atoms with Gasteiger partial charge < -0.3 is 13.7 Å². The van der Waals surface area contributed by atoms with Crippen LogP contribution in [0, 0.1) is 5.92 Å². The van der Waals surface area contributed by atoms with E-state index in [2.05, 4.69) is 242 Å². The zero-order chi connectivity index (χ0) is 53.2. The van der Waals surface area contributed by atoms with Crippen molar-refractivity contribution in [2.75, 3.05) is 4.90 Å². The van der Waals surface area contributed by atoms with E-state index in [1.165, 1.54) is 111 Å². The highest BCUT2D eigenvalue weighted by Crippen LogP contribution is 2.65. The van der Waals surface area contributed by atoms with Gasteiger partial charge in [0.15, 0.2) is 0 Å². The largest absolute Gasteiger partial charge is 0.456 e. The van der Waals surface area contributed by atoms with Crippen LogP contribution in [0.4, 0.5) is 17.1 Å². The van der Waals surface area contributed by atoms with Crippen LogP contribution in [0.1, 0.15) is 137 Å². The van der Waals surface area contributed by atoms with Gasteiger partial charge in [-0.15, -0.1) is 0 Å². The van der Waals surface area contributed by atoms with Crippen LogP contribution in [-0.2, 0) is 21.7 Å². The summed E-state index contributed by atoms with van der Waals surface area (Å²) in [6.45, 7) is 19.7. The molecule has 3 heteroatoms. The Hall–Kier alpha value is -8.14. The van der Waals surface area contributed by atoms with Gasteiger partial charge in [-0.1, -0.05) is 195 Å². The van der Waals surface area contributed by atoms with Gasteiger partial charge in [-0.05, 0) is 168 Å². The van der Waals surface area contributed by atoms with Crippen molar-refractivity contribution in [1.29, 1.82) is 0 Å². The third-order valence-corrected chi connectivity index (χ3v) is 21.0. The van der Waals surface area contributed by atoms with Gasteiger partial charge in [0.1, 0.15) is 22.3 Å². The molecule has 0 amide bonds. The number of furan rings is 2. The summed E-state index contributed by atoms with van der Waals surface area (Å²) in [5.74, 6) is 1.59. The van der Waals surface area contributed by atoms with Gasteiger partial charge in [0.25, 0.3) is 0 Å². The molecule has 2 heterocycles. The van der Waals surface area contributed by atoms with Gasteiger partial charge in [-0.2, -0.15) is 0 Å². The maximum Gasteiger partial charge on any atom is 0.144 e. The quantitative estimate of drug-likeness (QED) is 0.176. The first kappa shape index (κ1) is 45.8. The van der Waals surface area contributed by atoms with E-state index >= 15 is 0 Å².